The molecular weight excluding hydrogens is 302 g/mol. The lowest BCUT2D eigenvalue weighted by atomic mass is 9.87. The molecular formula is C19H23N3S. The van der Waals surface area contributed by atoms with E-state index in [9.17, 15) is 0 Å². The largest absolute Gasteiger partial charge is 0.360 e. The van der Waals surface area contributed by atoms with E-state index >= 15 is 0 Å². The summed E-state index contributed by atoms with van der Waals surface area (Å²) >= 11 is 1.72. The summed E-state index contributed by atoms with van der Waals surface area (Å²) in [5, 5.41) is 8.12. The van der Waals surface area contributed by atoms with E-state index in [0.717, 1.165) is 16.7 Å². The van der Waals surface area contributed by atoms with E-state index in [4.69, 9.17) is 4.98 Å². The van der Waals surface area contributed by atoms with Crippen LogP contribution in [0.1, 0.15) is 38.2 Å². The van der Waals surface area contributed by atoms with Gasteiger partial charge < -0.3 is 10.3 Å². The number of hydrogen-bond donors (Lipinski definition) is 2. The summed E-state index contributed by atoms with van der Waals surface area (Å²) in [7, 11) is 0. The number of aromatic nitrogens is 2. The number of aryl methyl sites for hydroxylation is 1. The van der Waals surface area contributed by atoms with Crippen LogP contribution in [0.4, 0.5) is 5.13 Å². The Morgan fingerprint density at radius 1 is 1.30 bits per heavy atom. The fraction of sp³-hybridized carbons (Fsp3) is 0.421. The summed E-state index contributed by atoms with van der Waals surface area (Å²) in [6.45, 7) is 4.48. The number of anilines is 1. The van der Waals surface area contributed by atoms with Gasteiger partial charge in [-0.1, -0.05) is 31.9 Å². The second kappa shape index (κ2) is 6.00. The lowest BCUT2D eigenvalue weighted by Crippen LogP contribution is -2.26. The smallest absolute Gasteiger partial charge is 0.183 e. The first-order valence-corrected chi connectivity index (χ1v) is 9.37. The summed E-state index contributed by atoms with van der Waals surface area (Å²) < 4.78 is 0. The van der Waals surface area contributed by atoms with Gasteiger partial charge in [0.05, 0.1) is 5.69 Å². The monoisotopic (exact) mass is 325 g/mol. The highest BCUT2D eigenvalue weighted by Gasteiger charge is 2.20. The van der Waals surface area contributed by atoms with Gasteiger partial charge in [0.25, 0.3) is 0 Å². The van der Waals surface area contributed by atoms with Gasteiger partial charge in [0.1, 0.15) is 0 Å². The number of rotatable bonds is 3. The van der Waals surface area contributed by atoms with Crippen molar-refractivity contribution in [2.24, 2.45) is 5.92 Å². The zero-order valence-electron chi connectivity index (χ0n) is 13.7. The standard InChI is InChI=1S/C19H23N3S/c1-12-4-3-5-14(8-12)21-19-22-18(11-23-19)16-10-20-17-9-13(2)6-7-15(16)17/h6-7,9-12,14,20H,3-5,8H2,1-2H3,(H,21,22)/t12-,14-/m1/s1. The number of aromatic amines is 1. The molecule has 2 atom stereocenters. The number of H-pyrrole nitrogens is 1. The fourth-order valence-electron chi connectivity index (χ4n) is 3.66. The number of thiazole rings is 1. The Hall–Kier alpha value is -1.81. The first-order chi connectivity index (χ1) is 11.2. The van der Waals surface area contributed by atoms with Gasteiger partial charge in [-0.3, -0.25) is 0 Å². The van der Waals surface area contributed by atoms with Gasteiger partial charge in [-0.05, 0) is 37.3 Å². The number of nitrogens with one attached hydrogen (secondary N) is 2. The number of benzene rings is 1. The molecule has 2 heterocycles. The summed E-state index contributed by atoms with van der Waals surface area (Å²) in [5.74, 6) is 0.831. The average molecular weight is 325 g/mol. The molecule has 1 aliphatic rings. The molecule has 23 heavy (non-hydrogen) atoms. The molecule has 0 saturated heterocycles. The van der Waals surface area contributed by atoms with E-state index in [1.54, 1.807) is 11.3 Å². The van der Waals surface area contributed by atoms with Crippen molar-refractivity contribution >= 4 is 27.4 Å². The number of nitrogens with zero attached hydrogens (tertiary/aromatic N) is 1. The van der Waals surface area contributed by atoms with E-state index in [0.29, 0.717) is 6.04 Å². The highest BCUT2D eigenvalue weighted by atomic mass is 32.1. The van der Waals surface area contributed by atoms with Gasteiger partial charge >= 0.3 is 0 Å². The molecule has 2 aromatic heterocycles. The van der Waals surface area contributed by atoms with Crippen LogP contribution in [0.5, 0.6) is 0 Å². The minimum absolute atomic E-state index is 0.586. The molecule has 0 radical (unpaired) electrons. The van der Waals surface area contributed by atoms with Crippen LogP contribution in [0.2, 0.25) is 0 Å². The van der Waals surface area contributed by atoms with E-state index in [-0.39, 0.29) is 0 Å². The van der Waals surface area contributed by atoms with Crippen molar-refractivity contribution in [1.29, 1.82) is 0 Å². The molecule has 4 rings (SSSR count). The van der Waals surface area contributed by atoms with Crippen LogP contribution in [0.25, 0.3) is 22.2 Å². The SMILES string of the molecule is Cc1ccc2c(-c3csc(N[C@@H]4CCC[C@@H](C)C4)n3)c[nH]c2c1. The van der Waals surface area contributed by atoms with Gasteiger partial charge in [-0.25, -0.2) is 4.98 Å². The first kappa shape index (κ1) is 14.8. The Labute approximate surface area is 141 Å². The summed E-state index contributed by atoms with van der Waals surface area (Å²) in [4.78, 5) is 8.20. The zero-order chi connectivity index (χ0) is 15.8. The molecule has 3 nitrogen and oxygen atoms in total. The van der Waals surface area contributed by atoms with Crippen molar-refractivity contribution in [3.8, 4) is 11.3 Å². The molecule has 1 aromatic carbocycles. The molecule has 0 spiro atoms. The maximum absolute atomic E-state index is 4.83. The van der Waals surface area contributed by atoms with Crippen molar-refractivity contribution in [3.63, 3.8) is 0 Å². The van der Waals surface area contributed by atoms with Crippen molar-refractivity contribution in [1.82, 2.24) is 9.97 Å². The van der Waals surface area contributed by atoms with Gasteiger partial charge in [-0.2, -0.15) is 0 Å². The number of fused-ring (bicyclic) bond motifs is 1. The molecule has 1 fully saturated rings. The maximum atomic E-state index is 4.83. The van der Waals surface area contributed by atoms with Gasteiger partial charge in [0.15, 0.2) is 5.13 Å². The van der Waals surface area contributed by atoms with Crippen molar-refractivity contribution < 1.29 is 0 Å². The second-order valence-corrected chi connectivity index (χ2v) is 7.76. The summed E-state index contributed by atoms with van der Waals surface area (Å²) in [6, 6.07) is 7.12. The molecule has 1 aliphatic carbocycles. The lowest BCUT2D eigenvalue weighted by molar-refractivity contribution is 0.358. The van der Waals surface area contributed by atoms with E-state index < -0.39 is 0 Å². The van der Waals surface area contributed by atoms with E-state index in [1.165, 1.54) is 47.7 Å². The lowest BCUT2D eigenvalue weighted by Gasteiger charge is -2.27. The third-order valence-corrected chi connectivity index (χ3v) is 5.65. The molecule has 0 amide bonds. The molecule has 0 bridgehead atoms. The first-order valence-electron chi connectivity index (χ1n) is 8.49. The van der Waals surface area contributed by atoms with Crippen LogP contribution in [-0.2, 0) is 0 Å². The third-order valence-electron chi connectivity index (χ3n) is 4.88. The summed E-state index contributed by atoms with van der Waals surface area (Å²) in [5.41, 5.74) is 4.72. The Morgan fingerprint density at radius 2 is 2.22 bits per heavy atom. The van der Waals surface area contributed by atoms with E-state index in [1.807, 2.05) is 0 Å². The molecule has 0 aliphatic heterocycles. The number of hydrogen-bond acceptors (Lipinski definition) is 3. The second-order valence-electron chi connectivity index (χ2n) is 6.90. The zero-order valence-corrected chi connectivity index (χ0v) is 14.5. The highest BCUT2D eigenvalue weighted by molar-refractivity contribution is 7.14. The maximum Gasteiger partial charge on any atom is 0.183 e. The Morgan fingerprint density at radius 3 is 3.09 bits per heavy atom. The van der Waals surface area contributed by atoms with Crippen LogP contribution in [0.15, 0.2) is 29.8 Å². The predicted molar refractivity (Wildman–Crippen MR) is 99.2 cm³/mol. The molecule has 3 aromatic rings. The topological polar surface area (TPSA) is 40.7 Å². The minimum atomic E-state index is 0.586. The normalized spacial score (nSPS) is 21.7. The average Bonchev–Trinajstić information content (AvgIpc) is 3.13. The molecule has 0 unspecified atom stereocenters. The quantitative estimate of drug-likeness (QED) is 0.659. The Balaban J connectivity index is 1.57. The Kier molecular flexibility index (Phi) is 3.85. The molecule has 120 valence electrons. The Bertz CT molecular complexity index is 817. The minimum Gasteiger partial charge on any atom is -0.360 e. The van der Waals surface area contributed by atoms with Crippen LogP contribution in [-0.4, -0.2) is 16.0 Å². The van der Waals surface area contributed by atoms with Crippen LogP contribution >= 0.6 is 11.3 Å². The summed E-state index contributed by atoms with van der Waals surface area (Å²) in [6.07, 6.45) is 7.31. The van der Waals surface area contributed by atoms with Crippen LogP contribution in [0, 0.1) is 12.8 Å². The van der Waals surface area contributed by atoms with Gasteiger partial charge in [0.2, 0.25) is 0 Å². The molecule has 2 N–H and O–H groups in total. The molecule has 4 heteroatoms. The van der Waals surface area contributed by atoms with Gasteiger partial charge in [-0.15, -0.1) is 11.3 Å². The van der Waals surface area contributed by atoms with Gasteiger partial charge in [0, 0.05) is 34.1 Å². The fourth-order valence-corrected chi connectivity index (χ4v) is 4.44. The molecule has 1 saturated carbocycles. The van der Waals surface area contributed by atoms with Crippen molar-refractivity contribution in [3.05, 3.63) is 35.3 Å². The predicted octanol–water partition coefficient (Wildman–Crippen LogP) is 5.59. The van der Waals surface area contributed by atoms with E-state index in [2.05, 4.69) is 53.9 Å². The third kappa shape index (κ3) is 3.00. The highest BCUT2D eigenvalue weighted by Crippen LogP contribution is 2.33. The van der Waals surface area contributed by atoms with Crippen molar-refractivity contribution in [2.75, 3.05) is 5.32 Å². The van der Waals surface area contributed by atoms with Crippen LogP contribution < -0.4 is 5.32 Å². The van der Waals surface area contributed by atoms with Crippen LogP contribution in [0.3, 0.4) is 0 Å². The van der Waals surface area contributed by atoms with Crippen molar-refractivity contribution in [2.45, 2.75) is 45.6 Å².